The summed E-state index contributed by atoms with van der Waals surface area (Å²) in [5.74, 6) is -0.174. The lowest BCUT2D eigenvalue weighted by molar-refractivity contribution is 0.154. The maximum absolute atomic E-state index is 14.2. The van der Waals surface area contributed by atoms with Crippen LogP contribution in [0, 0.1) is 5.82 Å². The number of rotatable bonds is 9. The van der Waals surface area contributed by atoms with Gasteiger partial charge in [-0.1, -0.05) is 13.0 Å². The molecule has 20 heavy (non-hydrogen) atoms. The van der Waals surface area contributed by atoms with E-state index in [4.69, 9.17) is 4.74 Å². The lowest BCUT2D eigenvalue weighted by atomic mass is 10.1. The van der Waals surface area contributed by atoms with Crippen LogP contribution < -0.4 is 10.2 Å². The van der Waals surface area contributed by atoms with Gasteiger partial charge in [0.1, 0.15) is 5.82 Å². The molecule has 0 heterocycles. The quantitative estimate of drug-likeness (QED) is 0.703. The number of likely N-dealkylation sites (N-methyl/N-ethyl adjacent to an activating group) is 1. The Hall–Kier alpha value is -1.13. The highest BCUT2D eigenvalue weighted by Gasteiger charge is 2.11. The molecule has 4 heteroatoms. The van der Waals surface area contributed by atoms with Gasteiger partial charge in [-0.2, -0.15) is 0 Å². The summed E-state index contributed by atoms with van der Waals surface area (Å²) >= 11 is 0. The molecule has 1 aromatic carbocycles. The number of halogens is 1. The zero-order chi connectivity index (χ0) is 15.0. The zero-order valence-electron chi connectivity index (χ0n) is 13.1. The molecule has 1 unspecified atom stereocenters. The summed E-state index contributed by atoms with van der Waals surface area (Å²) < 4.78 is 19.5. The number of ether oxygens (including phenoxy) is 1. The number of anilines is 1. The number of nitrogens with zero attached hydrogens (tertiary/aromatic N) is 1. The van der Waals surface area contributed by atoms with E-state index in [1.54, 1.807) is 6.07 Å². The van der Waals surface area contributed by atoms with Crippen molar-refractivity contribution in [2.45, 2.75) is 33.2 Å². The van der Waals surface area contributed by atoms with E-state index in [2.05, 4.69) is 19.2 Å². The van der Waals surface area contributed by atoms with Crippen LogP contribution in [-0.4, -0.2) is 33.4 Å². The molecule has 0 amide bonds. The van der Waals surface area contributed by atoms with Crippen molar-refractivity contribution in [2.24, 2.45) is 0 Å². The Morgan fingerprint density at radius 2 is 2.10 bits per heavy atom. The van der Waals surface area contributed by atoms with Crippen LogP contribution in [0.4, 0.5) is 10.1 Å². The van der Waals surface area contributed by atoms with Crippen molar-refractivity contribution in [3.63, 3.8) is 0 Å². The first-order valence-electron chi connectivity index (χ1n) is 7.41. The molecular weight excluding hydrogens is 255 g/mol. The van der Waals surface area contributed by atoms with Crippen molar-refractivity contribution in [2.75, 3.05) is 38.3 Å². The van der Waals surface area contributed by atoms with E-state index in [9.17, 15) is 4.39 Å². The summed E-state index contributed by atoms with van der Waals surface area (Å²) in [5.41, 5.74) is 1.61. The van der Waals surface area contributed by atoms with Crippen molar-refractivity contribution in [1.82, 2.24) is 5.32 Å². The molecular formula is C16H27FN2O. The molecule has 0 aliphatic rings. The third-order valence-electron chi connectivity index (χ3n) is 3.36. The van der Waals surface area contributed by atoms with E-state index in [1.807, 2.05) is 31.0 Å². The van der Waals surface area contributed by atoms with Crippen LogP contribution in [-0.2, 0) is 4.74 Å². The molecule has 0 aliphatic heterocycles. The summed E-state index contributed by atoms with van der Waals surface area (Å²) in [6, 6.07) is 5.64. The molecule has 0 aliphatic carbocycles. The third-order valence-corrected chi connectivity index (χ3v) is 3.36. The van der Waals surface area contributed by atoms with Crippen LogP contribution >= 0.6 is 0 Å². The smallest absolute Gasteiger partial charge is 0.146 e. The largest absolute Gasteiger partial charge is 0.380 e. The zero-order valence-corrected chi connectivity index (χ0v) is 13.1. The highest BCUT2D eigenvalue weighted by molar-refractivity contribution is 5.48. The molecule has 1 atom stereocenters. The highest BCUT2D eigenvalue weighted by atomic mass is 19.1. The average Bonchev–Trinajstić information content (AvgIpc) is 2.44. The number of nitrogens with one attached hydrogen (secondary N) is 1. The second kappa shape index (κ2) is 8.93. The number of hydrogen-bond acceptors (Lipinski definition) is 3. The van der Waals surface area contributed by atoms with Crippen molar-refractivity contribution in [3.8, 4) is 0 Å². The predicted octanol–water partition coefficient (Wildman–Crippen LogP) is 3.36. The fraction of sp³-hybridized carbons (Fsp3) is 0.625. The lowest BCUT2D eigenvalue weighted by Crippen LogP contribution is -2.24. The van der Waals surface area contributed by atoms with Gasteiger partial charge in [-0.05, 0) is 44.5 Å². The van der Waals surface area contributed by atoms with Crippen LogP contribution in [0.15, 0.2) is 18.2 Å². The molecule has 1 aromatic rings. The van der Waals surface area contributed by atoms with Crippen LogP contribution in [0.25, 0.3) is 0 Å². The van der Waals surface area contributed by atoms with Crippen LogP contribution in [0.2, 0.25) is 0 Å². The van der Waals surface area contributed by atoms with Gasteiger partial charge in [-0.15, -0.1) is 0 Å². The van der Waals surface area contributed by atoms with Gasteiger partial charge in [0.25, 0.3) is 0 Å². The molecule has 0 aromatic heterocycles. The van der Waals surface area contributed by atoms with E-state index < -0.39 is 0 Å². The van der Waals surface area contributed by atoms with Gasteiger partial charge in [0, 0.05) is 26.2 Å². The Balaban J connectivity index is 2.67. The topological polar surface area (TPSA) is 24.5 Å². The molecule has 0 radical (unpaired) electrons. The predicted molar refractivity (Wildman–Crippen MR) is 82.9 cm³/mol. The Kier molecular flexibility index (Phi) is 7.55. The van der Waals surface area contributed by atoms with Crippen molar-refractivity contribution >= 4 is 5.69 Å². The molecule has 0 spiro atoms. The Bertz CT molecular complexity index is 398. The summed E-state index contributed by atoms with van der Waals surface area (Å²) in [5, 5.41) is 3.37. The summed E-state index contributed by atoms with van der Waals surface area (Å²) in [6.45, 7) is 9.07. The van der Waals surface area contributed by atoms with E-state index in [0.717, 1.165) is 18.5 Å². The molecule has 1 N–H and O–H groups in total. The van der Waals surface area contributed by atoms with Gasteiger partial charge in [0.2, 0.25) is 0 Å². The summed E-state index contributed by atoms with van der Waals surface area (Å²) in [4.78, 5) is 1.89. The lowest BCUT2D eigenvalue weighted by Gasteiger charge is -2.21. The molecule has 0 fully saturated rings. The minimum absolute atomic E-state index is 0.173. The van der Waals surface area contributed by atoms with Gasteiger partial charge >= 0.3 is 0 Å². The Labute approximate surface area is 122 Å². The van der Waals surface area contributed by atoms with E-state index in [-0.39, 0.29) is 11.9 Å². The Morgan fingerprint density at radius 1 is 1.35 bits per heavy atom. The first-order chi connectivity index (χ1) is 9.60. The van der Waals surface area contributed by atoms with Gasteiger partial charge in [0.05, 0.1) is 12.3 Å². The van der Waals surface area contributed by atoms with Gasteiger partial charge in [-0.25, -0.2) is 4.39 Å². The number of hydrogen-bond donors (Lipinski definition) is 1. The molecule has 3 nitrogen and oxygen atoms in total. The van der Waals surface area contributed by atoms with Crippen LogP contribution in [0.1, 0.15) is 38.8 Å². The standard InChI is InChI=1S/C16H27FN2O/c1-5-9-18-13(3)14-7-8-16(15(17)12-14)19(4)10-11-20-6-2/h7-8,12-13,18H,5-6,9-11H2,1-4H3. The van der Waals surface area contributed by atoms with Gasteiger partial charge < -0.3 is 15.0 Å². The minimum Gasteiger partial charge on any atom is -0.380 e. The van der Waals surface area contributed by atoms with Crippen LogP contribution in [0.3, 0.4) is 0 Å². The summed E-state index contributed by atoms with van der Waals surface area (Å²) in [6.07, 6.45) is 1.07. The fourth-order valence-electron chi connectivity index (χ4n) is 2.05. The molecule has 1 rings (SSSR count). The third kappa shape index (κ3) is 5.10. The molecule has 0 bridgehead atoms. The first kappa shape index (κ1) is 16.9. The highest BCUT2D eigenvalue weighted by Crippen LogP contribution is 2.22. The number of benzene rings is 1. The second-order valence-corrected chi connectivity index (χ2v) is 5.01. The van der Waals surface area contributed by atoms with E-state index in [1.165, 1.54) is 0 Å². The molecule has 114 valence electrons. The average molecular weight is 282 g/mol. The van der Waals surface area contributed by atoms with Crippen LogP contribution in [0.5, 0.6) is 0 Å². The van der Waals surface area contributed by atoms with E-state index >= 15 is 0 Å². The maximum atomic E-state index is 14.2. The fourth-order valence-corrected chi connectivity index (χ4v) is 2.05. The normalized spacial score (nSPS) is 12.4. The van der Waals surface area contributed by atoms with Crippen molar-refractivity contribution in [1.29, 1.82) is 0 Å². The van der Waals surface area contributed by atoms with Crippen molar-refractivity contribution < 1.29 is 9.13 Å². The maximum Gasteiger partial charge on any atom is 0.146 e. The van der Waals surface area contributed by atoms with Gasteiger partial charge in [-0.3, -0.25) is 0 Å². The molecule has 0 saturated heterocycles. The van der Waals surface area contributed by atoms with Crippen molar-refractivity contribution in [3.05, 3.63) is 29.6 Å². The second-order valence-electron chi connectivity index (χ2n) is 5.01. The van der Waals surface area contributed by atoms with E-state index in [0.29, 0.717) is 25.4 Å². The molecule has 0 saturated carbocycles. The van der Waals surface area contributed by atoms with Gasteiger partial charge in [0.15, 0.2) is 0 Å². The monoisotopic (exact) mass is 282 g/mol. The SMILES string of the molecule is CCCNC(C)c1ccc(N(C)CCOCC)c(F)c1. The summed E-state index contributed by atoms with van der Waals surface area (Å²) in [7, 11) is 1.88. The first-order valence-corrected chi connectivity index (χ1v) is 7.41. The minimum atomic E-state index is -0.174. The Morgan fingerprint density at radius 3 is 2.70 bits per heavy atom.